The number of aryl methyl sites for hydroxylation is 1. The van der Waals surface area contributed by atoms with Gasteiger partial charge in [-0.05, 0) is 24.6 Å². The molecule has 2 aromatic heterocycles. The van der Waals surface area contributed by atoms with Gasteiger partial charge in [0.1, 0.15) is 5.75 Å². The third kappa shape index (κ3) is 1.89. The highest BCUT2D eigenvalue weighted by atomic mass is 16.5. The average Bonchev–Trinajstić information content (AvgIpc) is 2.77. The zero-order valence-corrected chi connectivity index (χ0v) is 10.8. The van der Waals surface area contributed by atoms with Crippen LogP contribution in [0.25, 0.3) is 16.8 Å². The summed E-state index contributed by atoms with van der Waals surface area (Å²) in [5.41, 5.74) is 9.54. The van der Waals surface area contributed by atoms with Gasteiger partial charge in [0, 0.05) is 17.3 Å². The van der Waals surface area contributed by atoms with Gasteiger partial charge in [-0.1, -0.05) is 18.2 Å². The Labute approximate surface area is 110 Å². The van der Waals surface area contributed by atoms with E-state index in [1.165, 1.54) is 0 Å². The van der Waals surface area contributed by atoms with E-state index in [9.17, 15) is 0 Å². The van der Waals surface area contributed by atoms with Crippen LogP contribution in [0.1, 0.15) is 5.56 Å². The highest BCUT2D eigenvalue weighted by molar-refractivity contribution is 5.74. The first-order valence-electron chi connectivity index (χ1n) is 5.95. The lowest BCUT2D eigenvalue weighted by Crippen LogP contribution is -1.95. The predicted molar refractivity (Wildman–Crippen MR) is 74.1 cm³/mol. The molecule has 0 spiro atoms. The molecule has 1 aromatic carbocycles. The Morgan fingerprint density at radius 2 is 2.00 bits per heavy atom. The number of anilines is 1. The second-order valence-electron chi connectivity index (χ2n) is 4.34. The lowest BCUT2D eigenvalue weighted by Gasteiger charge is -2.10. The van der Waals surface area contributed by atoms with Gasteiger partial charge in [0.05, 0.1) is 7.11 Å². The van der Waals surface area contributed by atoms with E-state index in [0.717, 1.165) is 28.1 Å². The van der Waals surface area contributed by atoms with Crippen LogP contribution in [0.5, 0.6) is 5.75 Å². The molecule has 0 saturated carbocycles. The number of rotatable bonds is 2. The van der Waals surface area contributed by atoms with Crippen molar-refractivity contribution in [3.8, 4) is 16.9 Å². The molecule has 5 heteroatoms. The maximum atomic E-state index is 5.62. The van der Waals surface area contributed by atoms with Crippen LogP contribution in [-0.2, 0) is 0 Å². The molecule has 2 N–H and O–H groups in total. The lowest BCUT2D eigenvalue weighted by molar-refractivity contribution is 0.416. The highest BCUT2D eigenvalue weighted by Crippen LogP contribution is 2.32. The third-order valence-corrected chi connectivity index (χ3v) is 3.09. The van der Waals surface area contributed by atoms with Gasteiger partial charge in [0.25, 0.3) is 0 Å². The molecule has 3 aromatic rings. The molecule has 0 unspecified atom stereocenters. The summed E-state index contributed by atoms with van der Waals surface area (Å²) in [5, 5.41) is 4.14. The predicted octanol–water partition coefficient (Wildman–Crippen LogP) is 2.30. The molecule has 0 saturated heterocycles. The minimum atomic E-state index is 0.275. The largest absolute Gasteiger partial charge is 0.496 e. The Bertz CT molecular complexity index is 748. The normalized spacial score (nSPS) is 10.8. The molecule has 0 aliphatic heterocycles. The second kappa shape index (κ2) is 4.28. The SMILES string of the molecule is COc1ccccc1-c1cn2nc(N)nc2cc1C. The van der Waals surface area contributed by atoms with Crippen molar-refractivity contribution in [2.24, 2.45) is 0 Å². The van der Waals surface area contributed by atoms with Crippen LogP contribution in [-0.4, -0.2) is 21.7 Å². The van der Waals surface area contributed by atoms with Crippen LogP contribution < -0.4 is 10.5 Å². The first-order valence-corrected chi connectivity index (χ1v) is 5.95. The van der Waals surface area contributed by atoms with E-state index in [-0.39, 0.29) is 5.95 Å². The van der Waals surface area contributed by atoms with Crippen molar-refractivity contribution < 1.29 is 4.74 Å². The molecule has 0 bridgehead atoms. The van der Waals surface area contributed by atoms with Crippen molar-refractivity contribution in [2.45, 2.75) is 6.92 Å². The fourth-order valence-electron chi connectivity index (χ4n) is 2.19. The van der Waals surface area contributed by atoms with Gasteiger partial charge in [-0.2, -0.15) is 4.98 Å². The maximum Gasteiger partial charge on any atom is 0.240 e. The van der Waals surface area contributed by atoms with Gasteiger partial charge in [-0.3, -0.25) is 0 Å². The topological polar surface area (TPSA) is 65.4 Å². The van der Waals surface area contributed by atoms with Gasteiger partial charge < -0.3 is 10.5 Å². The number of benzene rings is 1. The van der Waals surface area contributed by atoms with Crippen LogP contribution in [0, 0.1) is 6.92 Å². The summed E-state index contributed by atoms with van der Waals surface area (Å²) in [6.07, 6.45) is 1.92. The summed E-state index contributed by atoms with van der Waals surface area (Å²) in [7, 11) is 1.67. The quantitative estimate of drug-likeness (QED) is 0.762. The van der Waals surface area contributed by atoms with Crippen LogP contribution in [0.4, 0.5) is 5.95 Å². The number of aromatic nitrogens is 3. The van der Waals surface area contributed by atoms with E-state index in [4.69, 9.17) is 10.5 Å². The fourth-order valence-corrected chi connectivity index (χ4v) is 2.19. The molecule has 0 atom stereocenters. The summed E-state index contributed by atoms with van der Waals surface area (Å²) in [6.45, 7) is 2.03. The first kappa shape index (κ1) is 11.5. The molecule has 0 fully saturated rings. The second-order valence-corrected chi connectivity index (χ2v) is 4.34. The number of nitrogens with zero attached hydrogens (tertiary/aromatic N) is 3. The summed E-state index contributed by atoms with van der Waals surface area (Å²) in [5.74, 6) is 1.11. The van der Waals surface area contributed by atoms with Crippen molar-refractivity contribution >= 4 is 11.6 Å². The zero-order chi connectivity index (χ0) is 13.4. The number of ether oxygens (including phenoxy) is 1. The fraction of sp³-hybridized carbons (Fsp3) is 0.143. The molecule has 2 heterocycles. The summed E-state index contributed by atoms with van der Waals surface area (Å²) in [4.78, 5) is 4.15. The summed E-state index contributed by atoms with van der Waals surface area (Å²) < 4.78 is 7.09. The molecule has 0 radical (unpaired) electrons. The lowest BCUT2D eigenvalue weighted by atomic mass is 10.0. The zero-order valence-electron chi connectivity index (χ0n) is 10.8. The average molecular weight is 254 g/mol. The Balaban J connectivity index is 2.26. The standard InChI is InChI=1S/C14H14N4O/c1-9-7-13-16-14(15)17-18(13)8-11(9)10-5-3-4-6-12(10)19-2/h3-8H,1-2H3,(H2,15,17). The van der Waals surface area contributed by atoms with Gasteiger partial charge in [0.15, 0.2) is 5.65 Å². The molecular weight excluding hydrogens is 240 g/mol. The number of hydrogen-bond donors (Lipinski definition) is 1. The number of fused-ring (bicyclic) bond motifs is 1. The van der Waals surface area contributed by atoms with Crippen molar-refractivity contribution in [1.82, 2.24) is 14.6 Å². The molecule has 5 nitrogen and oxygen atoms in total. The maximum absolute atomic E-state index is 5.62. The van der Waals surface area contributed by atoms with Gasteiger partial charge in [-0.25, -0.2) is 4.52 Å². The third-order valence-electron chi connectivity index (χ3n) is 3.09. The van der Waals surface area contributed by atoms with Gasteiger partial charge in [-0.15, -0.1) is 5.10 Å². The number of para-hydroxylation sites is 1. The first-order chi connectivity index (χ1) is 9.19. The van der Waals surface area contributed by atoms with Crippen LogP contribution in [0.2, 0.25) is 0 Å². The van der Waals surface area contributed by atoms with E-state index in [2.05, 4.69) is 10.1 Å². The van der Waals surface area contributed by atoms with Crippen molar-refractivity contribution in [3.63, 3.8) is 0 Å². The monoisotopic (exact) mass is 254 g/mol. The molecule has 0 aliphatic carbocycles. The molecule has 0 aliphatic rings. The smallest absolute Gasteiger partial charge is 0.240 e. The van der Waals surface area contributed by atoms with E-state index < -0.39 is 0 Å². The van der Waals surface area contributed by atoms with Crippen LogP contribution in [0.15, 0.2) is 36.5 Å². The Morgan fingerprint density at radius 1 is 1.21 bits per heavy atom. The molecular formula is C14H14N4O. The molecule has 0 amide bonds. The number of nitrogens with two attached hydrogens (primary N) is 1. The molecule has 3 rings (SSSR count). The van der Waals surface area contributed by atoms with E-state index in [1.54, 1.807) is 11.6 Å². The van der Waals surface area contributed by atoms with Crippen molar-refractivity contribution in [1.29, 1.82) is 0 Å². The Hall–Kier alpha value is -2.56. The molecule has 19 heavy (non-hydrogen) atoms. The number of methoxy groups -OCH3 is 1. The Kier molecular flexibility index (Phi) is 2.59. The van der Waals surface area contributed by atoms with Gasteiger partial charge >= 0.3 is 0 Å². The van der Waals surface area contributed by atoms with Crippen LogP contribution >= 0.6 is 0 Å². The number of hydrogen-bond acceptors (Lipinski definition) is 4. The van der Waals surface area contributed by atoms with Gasteiger partial charge in [0.2, 0.25) is 5.95 Å². The number of nitrogen functional groups attached to an aromatic ring is 1. The van der Waals surface area contributed by atoms with E-state index in [1.807, 2.05) is 43.5 Å². The molecule has 96 valence electrons. The summed E-state index contributed by atoms with van der Waals surface area (Å²) >= 11 is 0. The Morgan fingerprint density at radius 3 is 2.79 bits per heavy atom. The van der Waals surface area contributed by atoms with E-state index >= 15 is 0 Å². The minimum absolute atomic E-state index is 0.275. The van der Waals surface area contributed by atoms with Crippen LogP contribution in [0.3, 0.4) is 0 Å². The summed E-state index contributed by atoms with van der Waals surface area (Å²) in [6, 6.07) is 9.86. The van der Waals surface area contributed by atoms with E-state index in [0.29, 0.717) is 0 Å². The highest BCUT2D eigenvalue weighted by Gasteiger charge is 2.10. The van der Waals surface area contributed by atoms with Crippen molar-refractivity contribution in [2.75, 3.05) is 12.8 Å². The van der Waals surface area contributed by atoms with Crippen molar-refractivity contribution in [3.05, 3.63) is 42.1 Å². The minimum Gasteiger partial charge on any atom is -0.496 e. The number of pyridine rings is 1.